The number of likely N-dealkylation sites (tertiary alicyclic amines) is 2. The highest BCUT2D eigenvalue weighted by Gasteiger charge is 2.35. The van der Waals surface area contributed by atoms with Crippen molar-refractivity contribution in [3.05, 3.63) is 33.8 Å². The molecular formula is C23H31Cl2N3O2. The van der Waals surface area contributed by atoms with Gasteiger partial charge in [0.1, 0.15) is 5.60 Å². The van der Waals surface area contributed by atoms with Crippen molar-refractivity contribution in [3.8, 4) is 6.07 Å². The maximum atomic E-state index is 12.3. The lowest BCUT2D eigenvalue weighted by Crippen LogP contribution is -2.51. The first-order chi connectivity index (χ1) is 14.2. The van der Waals surface area contributed by atoms with Crippen LogP contribution in [-0.4, -0.2) is 53.7 Å². The van der Waals surface area contributed by atoms with Crippen LogP contribution in [-0.2, 0) is 11.2 Å². The maximum absolute atomic E-state index is 12.3. The monoisotopic (exact) mass is 451 g/mol. The molecular weight excluding hydrogens is 421 g/mol. The van der Waals surface area contributed by atoms with Crippen LogP contribution in [0.4, 0.5) is 4.79 Å². The Hall–Kier alpha value is -1.48. The van der Waals surface area contributed by atoms with Gasteiger partial charge in [-0.15, -0.1) is 0 Å². The summed E-state index contributed by atoms with van der Waals surface area (Å²) in [5.41, 5.74) is 0.665. The zero-order valence-electron chi connectivity index (χ0n) is 18.0. The summed E-state index contributed by atoms with van der Waals surface area (Å²) in [5, 5.41) is 10.9. The van der Waals surface area contributed by atoms with E-state index in [-0.39, 0.29) is 12.0 Å². The van der Waals surface area contributed by atoms with E-state index in [9.17, 15) is 10.1 Å². The number of rotatable bonds is 3. The highest BCUT2D eigenvalue weighted by atomic mass is 35.5. The third-order valence-corrected chi connectivity index (χ3v) is 6.81. The van der Waals surface area contributed by atoms with Gasteiger partial charge in [-0.1, -0.05) is 29.3 Å². The molecule has 2 saturated heterocycles. The van der Waals surface area contributed by atoms with E-state index in [1.165, 1.54) is 0 Å². The molecule has 7 heteroatoms. The van der Waals surface area contributed by atoms with Crippen LogP contribution in [0.25, 0.3) is 0 Å². The van der Waals surface area contributed by atoms with Gasteiger partial charge in [-0.25, -0.2) is 4.79 Å². The second kappa shape index (κ2) is 9.77. The Morgan fingerprint density at radius 3 is 2.47 bits per heavy atom. The molecule has 0 aliphatic carbocycles. The fraction of sp³-hybridized carbons (Fsp3) is 0.652. The lowest BCUT2D eigenvalue weighted by Gasteiger charge is -2.43. The zero-order valence-corrected chi connectivity index (χ0v) is 19.5. The van der Waals surface area contributed by atoms with Crippen molar-refractivity contribution in [2.24, 2.45) is 11.8 Å². The van der Waals surface area contributed by atoms with Gasteiger partial charge >= 0.3 is 6.09 Å². The van der Waals surface area contributed by atoms with Crippen molar-refractivity contribution in [1.29, 1.82) is 5.26 Å². The molecule has 0 unspecified atom stereocenters. The van der Waals surface area contributed by atoms with E-state index in [1.54, 1.807) is 4.90 Å². The Bertz CT molecular complexity index is 795. The fourth-order valence-electron chi connectivity index (χ4n) is 4.46. The van der Waals surface area contributed by atoms with E-state index in [1.807, 2.05) is 39.0 Å². The molecule has 0 radical (unpaired) electrons. The average molecular weight is 452 g/mol. The van der Waals surface area contributed by atoms with Crippen LogP contribution in [0, 0.1) is 23.2 Å². The number of benzene rings is 1. The Labute approximate surface area is 189 Å². The predicted octanol–water partition coefficient (Wildman–Crippen LogP) is 5.40. The third kappa shape index (κ3) is 6.03. The molecule has 0 bridgehead atoms. The van der Waals surface area contributed by atoms with Crippen LogP contribution < -0.4 is 0 Å². The van der Waals surface area contributed by atoms with Crippen LogP contribution in [0.5, 0.6) is 0 Å². The Morgan fingerprint density at radius 1 is 1.17 bits per heavy atom. The molecule has 2 aliphatic rings. The number of halogens is 2. The maximum Gasteiger partial charge on any atom is 0.410 e. The number of carbonyl (C=O) groups is 1. The molecule has 164 valence electrons. The van der Waals surface area contributed by atoms with Gasteiger partial charge in [0.2, 0.25) is 0 Å². The number of ether oxygens (including phenoxy) is 1. The van der Waals surface area contributed by atoms with Gasteiger partial charge in [-0.2, -0.15) is 5.26 Å². The van der Waals surface area contributed by atoms with E-state index >= 15 is 0 Å². The minimum Gasteiger partial charge on any atom is -0.444 e. The second-order valence-electron chi connectivity index (χ2n) is 9.43. The molecule has 1 aromatic rings. The van der Waals surface area contributed by atoms with Gasteiger partial charge in [0.25, 0.3) is 0 Å². The van der Waals surface area contributed by atoms with Crippen LogP contribution in [0.1, 0.15) is 45.6 Å². The molecule has 2 fully saturated rings. The van der Waals surface area contributed by atoms with Crippen molar-refractivity contribution in [1.82, 2.24) is 9.80 Å². The standard InChI is InChI=1S/C23H31Cl2N3O2/c1-23(2,3)30-22(29)27-10-7-19(8-11-27)28-9-6-17(18(14-26)15-28)12-16-4-5-20(24)21(25)13-16/h4-5,13,17-19H,6-12,15H2,1-3H3/t17-,18-/m1/s1. The molecule has 0 saturated carbocycles. The van der Waals surface area contributed by atoms with Gasteiger partial charge in [0.15, 0.2) is 0 Å². The summed E-state index contributed by atoms with van der Waals surface area (Å²) in [6.07, 6.45) is 3.46. The summed E-state index contributed by atoms with van der Waals surface area (Å²) in [6, 6.07) is 8.70. The summed E-state index contributed by atoms with van der Waals surface area (Å²) in [5.74, 6) is 0.322. The first kappa shape index (κ1) is 23.2. The second-order valence-corrected chi connectivity index (χ2v) is 10.2. The van der Waals surface area contributed by atoms with Crippen molar-refractivity contribution < 1.29 is 9.53 Å². The summed E-state index contributed by atoms with van der Waals surface area (Å²) < 4.78 is 5.49. The molecule has 1 aromatic carbocycles. The summed E-state index contributed by atoms with van der Waals surface area (Å²) in [6.45, 7) is 8.87. The van der Waals surface area contributed by atoms with Crippen LogP contribution in [0.15, 0.2) is 18.2 Å². The average Bonchev–Trinajstić information content (AvgIpc) is 2.70. The van der Waals surface area contributed by atoms with Crippen molar-refractivity contribution >= 4 is 29.3 Å². The minimum atomic E-state index is -0.468. The number of carbonyl (C=O) groups excluding carboxylic acids is 1. The molecule has 1 amide bonds. The molecule has 30 heavy (non-hydrogen) atoms. The predicted molar refractivity (Wildman–Crippen MR) is 120 cm³/mol. The number of nitrogens with zero attached hydrogens (tertiary/aromatic N) is 3. The minimum absolute atomic E-state index is 0.00270. The van der Waals surface area contributed by atoms with Crippen molar-refractivity contribution in [3.63, 3.8) is 0 Å². The highest BCUT2D eigenvalue weighted by Crippen LogP contribution is 2.32. The number of hydrogen-bond acceptors (Lipinski definition) is 4. The van der Waals surface area contributed by atoms with Crippen LogP contribution in [0.2, 0.25) is 10.0 Å². The summed E-state index contributed by atoms with van der Waals surface area (Å²) >= 11 is 12.2. The van der Waals surface area contributed by atoms with Crippen LogP contribution >= 0.6 is 23.2 Å². The van der Waals surface area contributed by atoms with Crippen molar-refractivity contribution in [2.45, 2.75) is 58.1 Å². The number of amides is 1. The zero-order chi connectivity index (χ0) is 21.9. The van der Waals surface area contributed by atoms with Gasteiger partial charge in [-0.05, 0) is 76.6 Å². The molecule has 2 aliphatic heterocycles. The molecule has 5 nitrogen and oxygen atoms in total. The Kier molecular flexibility index (Phi) is 7.55. The van der Waals surface area contributed by atoms with Crippen LogP contribution in [0.3, 0.4) is 0 Å². The Balaban J connectivity index is 1.52. The molecule has 0 spiro atoms. The summed E-state index contributed by atoms with van der Waals surface area (Å²) in [7, 11) is 0. The molecule has 3 rings (SSSR count). The van der Waals surface area contributed by atoms with E-state index in [0.29, 0.717) is 35.1 Å². The Morgan fingerprint density at radius 2 is 1.87 bits per heavy atom. The van der Waals surface area contributed by atoms with E-state index < -0.39 is 5.60 Å². The van der Waals surface area contributed by atoms with Crippen molar-refractivity contribution in [2.75, 3.05) is 26.2 Å². The molecule has 0 N–H and O–H groups in total. The first-order valence-corrected chi connectivity index (χ1v) is 11.5. The van der Waals surface area contributed by atoms with E-state index in [4.69, 9.17) is 27.9 Å². The topological polar surface area (TPSA) is 56.6 Å². The van der Waals surface area contributed by atoms with Gasteiger partial charge < -0.3 is 9.64 Å². The summed E-state index contributed by atoms with van der Waals surface area (Å²) in [4.78, 5) is 16.5. The SMILES string of the molecule is CC(C)(C)OC(=O)N1CCC(N2CC[C@H](Cc3ccc(Cl)c(Cl)c3)[C@H](C#N)C2)CC1. The number of hydrogen-bond donors (Lipinski definition) is 0. The first-order valence-electron chi connectivity index (χ1n) is 10.7. The third-order valence-electron chi connectivity index (χ3n) is 6.07. The quantitative estimate of drug-likeness (QED) is 0.617. The van der Waals surface area contributed by atoms with Gasteiger partial charge in [0.05, 0.1) is 22.0 Å². The fourth-order valence-corrected chi connectivity index (χ4v) is 4.78. The van der Waals surface area contributed by atoms with E-state index in [0.717, 1.165) is 44.3 Å². The normalized spacial score (nSPS) is 23.8. The molecule has 2 heterocycles. The lowest BCUT2D eigenvalue weighted by molar-refractivity contribution is 0.00983. The van der Waals surface area contributed by atoms with Gasteiger partial charge in [-0.3, -0.25) is 4.90 Å². The molecule has 2 atom stereocenters. The van der Waals surface area contributed by atoms with Gasteiger partial charge in [0, 0.05) is 25.7 Å². The van der Waals surface area contributed by atoms with E-state index in [2.05, 4.69) is 11.0 Å². The molecule has 0 aromatic heterocycles. The lowest BCUT2D eigenvalue weighted by atomic mass is 9.81. The number of nitriles is 1. The smallest absolute Gasteiger partial charge is 0.410 e. The number of piperidine rings is 2. The highest BCUT2D eigenvalue weighted by molar-refractivity contribution is 6.42. The largest absolute Gasteiger partial charge is 0.444 e.